The molecule has 2 rings (SSSR count). The predicted octanol–water partition coefficient (Wildman–Crippen LogP) is 3.71. The van der Waals surface area contributed by atoms with Crippen LogP contribution in [0.5, 0.6) is 0 Å². The molecule has 0 radical (unpaired) electrons. The third-order valence-corrected chi connectivity index (χ3v) is 7.13. The molecule has 1 aliphatic rings. The fraction of sp³-hybridized carbons (Fsp3) is 0.643. The number of nitrogens with two attached hydrogens (primary N) is 1. The van der Waals surface area contributed by atoms with Crippen LogP contribution in [-0.4, -0.2) is 70.9 Å². The minimum atomic E-state index is -1.96. The molecule has 0 saturated carbocycles. The predicted molar refractivity (Wildman–Crippen MR) is 150 cm³/mol. The van der Waals surface area contributed by atoms with Crippen molar-refractivity contribution in [2.75, 3.05) is 19.9 Å². The van der Waals surface area contributed by atoms with Crippen molar-refractivity contribution in [3.8, 4) is 0 Å². The van der Waals surface area contributed by atoms with Crippen LogP contribution in [0.4, 0.5) is 4.79 Å². The Kier molecular flexibility index (Phi) is 10.5. The summed E-state index contributed by atoms with van der Waals surface area (Å²) >= 11 is 1.25. The van der Waals surface area contributed by atoms with E-state index in [0.717, 1.165) is 0 Å². The molecule has 0 bridgehead atoms. The summed E-state index contributed by atoms with van der Waals surface area (Å²) in [6, 6.07) is 8.73. The molecule has 1 saturated heterocycles. The van der Waals surface area contributed by atoms with Crippen molar-refractivity contribution in [1.29, 1.82) is 0 Å². The van der Waals surface area contributed by atoms with Gasteiger partial charge in [0.1, 0.15) is 16.7 Å². The summed E-state index contributed by atoms with van der Waals surface area (Å²) < 4.78 is 16.3. The summed E-state index contributed by atoms with van der Waals surface area (Å²) in [5, 5.41) is 2.16. The maximum atomic E-state index is 14.1. The molecule has 2 unspecified atom stereocenters. The van der Waals surface area contributed by atoms with Gasteiger partial charge in [-0.1, -0.05) is 30.3 Å². The quantitative estimate of drug-likeness (QED) is 0.209. The van der Waals surface area contributed by atoms with Crippen molar-refractivity contribution in [2.45, 2.75) is 94.9 Å². The van der Waals surface area contributed by atoms with E-state index >= 15 is 0 Å². The van der Waals surface area contributed by atoms with Gasteiger partial charge in [0.05, 0.1) is 12.5 Å². The Morgan fingerprint density at radius 3 is 2.13 bits per heavy atom. The summed E-state index contributed by atoms with van der Waals surface area (Å²) in [6.07, 6.45) is 2.09. The Bertz CT molecular complexity index is 1040. The van der Waals surface area contributed by atoms with E-state index in [1.165, 1.54) is 23.8 Å². The number of nitrogens with one attached hydrogen (secondary N) is 1. The highest BCUT2D eigenvalue weighted by Gasteiger charge is 2.57. The van der Waals surface area contributed by atoms with Gasteiger partial charge >= 0.3 is 18.0 Å². The third kappa shape index (κ3) is 7.88. The zero-order chi connectivity index (χ0) is 29.6. The van der Waals surface area contributed by atoms with Crippen LogP contribution in [0.1, 0.15) is 72.8 Å². The molecule has 10 nitrogen and oxygen atoms in total. The molecule has 11 heteroatoms. The molecule has 1 aliphatic heterocycles. The Morgan fingerprint density at radius 1 is 1.03 bits per heavy atom. The number of ether oxygens (including phenoxy) is 3. The monoisotopic (exact) mass is 565 g/mol. The van der Waals surface area contributed by atoms with Gasteiger partial charge in [0, 0.05) is 13.0 Å². The molecule has 2 amide bonds. The van der Waals surface area contributed by atoms with Crippen molar-refractivity contribution >= 4 is 35.7 Å². The second-order valence-electron chi connectivity index (χ2n) is 11.7. The number of esters is 2. The van der Waals surface area contributed by atoms with E-state index in [2.05, 4.69) is 5.32 Å². The number of nitrogens with zero attached hydrogens (tertiary/aromatic N) is 1. The molecule has 39 heavy (non-hydrogen) atoms. The molecular weight excluding hydrogens is 522 g/mol. The molecule has 1 heterocycles. The van der Waals surface area contributed by atoms with E-state index < -0.39 is 51.6 Å². The average Bonchev–Trinajstić information content (AvgIpc) is 2.85. The topological polar surface area (TPSA) is 137 Å². The lowest BCUT2D eigenvalue weighted by atomic mass is 9.84. The highest BCUT2D eigenvalue weighted by Crippen LogP contribution is 2.35. The van der Waals surface area contributed by atoms with Gasteiger partial charge in [-0.05, 0) is 72.6 Å². The van der Waals surface area contributed by atoms with E-state index in [1.807, 2.05) is 0 Å². The molecule has 1 fully saturated rings. The van der Waals surface area contributed by atoms with Crippen molar-refractivity contribution in [3.05, 3.63) is 35.9 Å². The summed E-state index contributed by atoms with van der Waals surface area (Å²) in [5.74, 6) is -2.23. The molecule has 0 aromatic heterocycles. The lowest BCUT2D eigenvalue weighted by Crippen LogP contribution is -2.69. The Labute approximate surface area is 235 Å². The van der Waals surface area contributed by atoms with Crippen LogP contribution < -0.4 is 11.1 Å². The van der Waals surface area contributed by atoms with Gasteiger partial charge < -0.3 is 25.3 Å². The molecule has 0 aliphatic carbocycles. The fourth-order valence-corrected chi connectivity index (χ4v) is 5.09. The van der Waals surface area contributed by atoms with Crippen LogP contribution in [0.15, 0.2) is 30.3 Å². The zero-order valence-corrected chi connectivity index (χ0v) is 25.1. The minimum absolute atomic E-state index is 0.0343. The second-order valence-corrected chi connectivity index (χ2v) is 12.7. The Balaban J connectivity index is 2.51. The van der Waals surface area contributed by atoms with Gasteiger partial charge in [-0.3, -0.25) is 9.69 Å². The maximum Gasteiger partial charge on any atom is 0.411 e. The molecule has 1 aromatic rings. The number of amides is 2. The average molecular weight is 566 g/mol. The van der Waals surface area contributed by atoms with Crippen LogP contribution in [0.25, 0.3) is 0 Å². The minimum Gasteiger partial charge on any atom is -0.467 e. The number of hydrogen-bond acceptors (Lipinski definition) is 9. The smallest absolute Gasteiger partial charge is 0.411 e. The highest BCUT2D eigenvalue weighted by molar-refractivity contribution is 7.99. The van der Waals surface area contributed by atoms with Crippen LogP contribution in [0.2, 0.25) is 0 Å². The van der Waals surface area contributed by atoms with E-state index in [0.29, 0.717) is 18.4 Å². The number of likely N-dealkylation sites (tertiary alicyclic amines) is 1. The Morgan fingerprint density at radius 2 is 1.62 bits per heavy atom. The van der Waals surface area contributed by atoms with Crippen molar-refractivity contribution in [3.63, 3.8) is 0 Å². The molecular formula is C28H43N3O7S. The van der Waals surface area contributed by atoms with E-state index in [1.54, 1.807) is 78.1 Å². The number of methoxy groups -OCH3 is 1. The first-order valence-electron chi connectivity index (χ1n) is 13.0. The molecule has 218 valence electrons. The van der Waals surface area contributed by atoms with Crippen LogP contribution >= 0.6 is 11.8 Å². The highest BCUT2D eigenvalue weighted by atomic mass is 32.2. The van der Waals surface area contributed by atoms with Crippen LogP contribution in [0.3, 0.4) is 0 Å². The summed E-state index contributed by atoms with van der Waals surface area (Å²) in [7, 11) is 1.25. The van der Waals surface area contributed by atoms with Gasteiger partial charge in [-0.25, -0.2) is 14.4 Å². The summed E-state index contributed by atoms with van der Waals surface area (Å²) in [5.41, 5.74) is 1.83. The first-order chi connectivity index (χ1) is 18.0. The first kappa shape index (κ1) is 32.4. The maximum absolute atomic E-state index is 14.1. The number of carbonyl (C=O) groups excluding carboxylic acids is 4. The number of hydrogen-bond donors (Lipinski definition) is 2. The Hall–Kier alpha value is -2.79. The summed E-state index contributed by atoms with van der Waals surface area (Å²) in [6.45, 7) is 10.4. The summed E-state index contributed by atoms with van der Waals surface area (Å²) in [4.78, 5) is 55.2. The first-order valence-corrected chi connectivity index (χ1v) is 14.3. The second kappa shape index (κ2) is 12.6. The van der Waals surface area contributed by atoms with Gasteiger partial charge in [-0.2, -0.15) is 0 Å². The SMILES string of the molecule is COC(=O)[C@@](N)(CC(NC(=O)C1(C(=O)OC(C)(C)C)CCCCN1C(=O)OC(C)(C)C)SC)c1ccccc1. The van der Waals surface area contributed by atoms with Gasteiger partial charge in [0.15, 0.2) is 0 Å². The van der Waals surface area contributed by atoms with E-state index in [4.69, 9.17) is 19.9 Å². The lowest BCUT2D eigenvalue weighted by Gasteiger charge is -2.45. The molecule has 0 spiro atoms. The van der Waals surface area contributed by atoms with Gasteiger partial charge in [0.2, 0.25) is 5.54 Å². The zero-order valence-electron chi connectivity index (χ0n) is 24.3. The van der Waals surface area contributed by atoms with Crippen molar-refractivity contribution < 1.29 is 33.4 Å². The fourth-order valence-electron chi connectivity index (χ4n) is 4.43. The third-order valence-electron chi connectivity index (χ3n) is 6.28. The number of rotatable bonds is 8. The number of piperidine rings is 1. The van der Waals surface area contributed by atoms with Crippen LogP contribution in [-0.2, 0) is 34.1 Å². The number of thioether (sulfide) groups is 1. The van der Waals surface area contributed by atoms with Crippen molar-refractivity contribution in [1.82, 2.24) is 10.2 Å². The normalized spacial score (nSPS) is 20.3. The van der Waals surface area contributed by atoms with Crippen molar-refractivity contribution in [2.24, 2.45) is 5.73 Å². The molecule has 1 aromatic carbocycles. The largest absolute Gasteiger partial charge is 0.467 e. The van der Waals surface area contributed by atoms with Crippen LogP contribution in [0, 0.1) is 0 Å². The molecule has 3 N–H and O–H groups in total. The number of benzene rings is 1. The standard InChI is InChI=1S/C28H43N3O7S/c1-25(2,3)37-23(34)28(16-12-13-17-31(28)24(35)38-26(4,5)6)21(32)30-20(39-8)18-27(29,22(33)36-7)19-14-10-9-11-15-19/h9-11,14-15,20H,12-13,16-18,29H2,1-8H3,(H,30,32)/t20?,27-,28?/m1/s1. The lowest BCUT2D eigenvalue weighted by molar-refractivity contribution is -0.176. The van der Waals surface area contributed by atoms with Gasteiger partial charge in [-0.15, -0.1) is 11.8 Å². The van der Waals surface area contributed by atoms with E-state index in [9.17, 15) is 19.2 Å². The molecule has 3 atom stereocenters. The number of carbonyl (C=O) groups is 4. The van der Waals surface area contributed by atoms with E-state index in [-0.39, 0.29) is 19.4 Å². The van der Waals surface area contributed by atoms with Gasteiger partial charge in [0.25, 0.3) is 5.91 Å².